The average molecular weight is 2500 g/mol. The molecule has 12 rings (SSSR count). The number of rotatable bonds is 16. The third-order valence-corrected chi connectivity index (χ3v) is 26.3. The third-order valence-electron chi connectivity index (χ3n) is 14.6. The number of allylic oxidation sites excluding steroid dienone is 2. The van der Waals surface area contributed by atoms with Gasteiger partial charge in [-0.3, -0.25) is 19.2 Å². The summed E-state index contributed by atoms with van der Waals surface area (Å²) >= 11 is 18.0. The van der Waals surface area contributed by atoms with Gasteiger partial charge >= 0.3 is 86.9 Å². The minimum absolute atomic E-state index is 0. The van der Waals surface area contributed by atoms with E-state index in [0.29, 0.717) is 0 Å². The van der Waals surface area contributed by atoms with Crippen LogP contribution < -0.4 is 101 Å². The van der Waals surface area contributed by atoms with Gasteiger partial charge in [-0.05, 0) is 201 Å². The van der Waals surface area contributed by atoms with Crippen LogP contribution in [0.1, 0.15) is 55.4 Å². The van der Waals surface area contributed by atoms with Gasteiger partial charge in [0.25, 0.3) is 0 Å². The minimum atomic E-state index is -4.94. The molecule has 0 fully saturated rings. The summed E-state index contributed by atoms with van der Waals surface area (Å²) in [5.41, 5.74) is -0.0741. The van der Waals surface area contributed by atoms with Crippen molar-refractivity contribution in [2.75, 3.05) is 0 Å². The van der Waals surface area contributed by atoms with E-state index in [2.05, 4.69) is 414 Å². The van der Waals surface area contributed by atoms with Crippen molar-refractivity contribution in [3.8, 4) is 0 Å². The second kappa shape index (κ2) is 64.6. The van der Waals surface area contributed by atoms with Crippen LogP contribution in [0.3, 0.4) is 0 Å². The van der Waals surface area contributed by atoms with Crippen molar-refractivity contribution in [1.29, 1.82) is 0 Å². The summed E-state index contributed by atoms with van der Waals surface area (Å²) in [5, 5.41) is 17.2. The smallest absolute Gasteiger partial charge is 0.807 e. The molecule has 118 heavy (non-hydrogen) atoms. The van der Waals surface area contributed by atoms with Crippen molar-refractivity contribution in [2.45, 2.75) is 55.4 Å². The number of hydrogen-bond acceptors (Lipinski definition) is 18. The fourth-order valence-corrected chi connectivity index (χ4v) is 21.8. The Balaban J connectivity index is 0. The first-order valence-electron chi connectivity index (χ1n) is 34.7. The molecule has 28 heteroatoms. The molecule has 0 aliphatic heterocycles. The Hall–Kier alpha value is -6.14. The first-order chi connectivity index (χ1) is 54.2. The van der Waals surface area contributed by atoms with Gasteiger partial charge in [0.05, 0.1) is 31.7 Å². The SMILES string of the molecule is CC(=O)C(C(C)=O)=C([S-])[S-].CC(=O)C(C(C)=O)=C([S-])[S-].CC(C)=O.CC(C)=O.[Au+].[Au+].[O-][Cl+3]([O-])([O-])[O-].[O-][Cl+3]([O-])([O-])[O-].[Pt+2].[Pt+2].c1ccc([PH+](c2ccccc2)c2ccccc2)cc1.c1ccc([PH+](c2ccccc2)c2ccccc2)cc1.c1ccc([PH+](c2ccccc2)c2ccccc2)cc1.c1ccc([PH+](c2ccccc2)c2ccccc2)cc1. The molecule has 0 aromatic heterocycles. The Labute approximate surface area is 784 Å². The van der Waals surface area contributed by atoms with Crippen LogP contribution in [0.15, 0.2) is 384 Å². The summed E-state index contributed by atoms with van der Waals surface area (Å²) < 4.78 is 67.9. The molecule has 0 heterocycles. The molecule has 0 atom stereocenters. The summed E-state index contributed by atoms with van der Waals surface area (Å²) in [6.07, 6.45) is 0. The summed E-state index contributed by atoms with van der Waals surface area (Å²) in [5.74, 6) is -1.08. The second-order valence-corrected chi connectivity index (χ2v) is 37.6. The number of carbonyl (C=O) groups excluding carboxylic acids is 6. The molecule has 0 N–H and O–H groups in total. The molecular weight excluding hydrogens is 2410 g/mol. The van der Waals surface area contributed by atoms with E-state index in [4.69, 9.17) is 37.3 Å². The molecule has 0 unspecified atom stereocenters. The molecule has 0 amide bonds. The van der Waals surface area contributed by atoms with Gasteiger partial charge < -0.3 is 68.6 Å². The molecule has 14 nitrogen and oxygen atoms in total. The quantitative estimate of drug-likeness (QED) is 0.0295. The number of carbonyl (C=O) groups is 6. The van der Waals surface area contributed by atoms with Crippen LogP contribution in [0.5, 0.6) is 0 Å². The fourth-order valence-electron chi connectivity index (χ4n) is 10.3. The third kappa shape index (κ3) is 49.7. The Morgan fingerprint density at radius 2 is 0.271 bits per heavy atom. The van der Waals surface area contributed by atoms with E-state index in [1.54, 1.807) is 0 Å². The zero-order chi connectivity index (χ0) is 84.4. The second-order valence-electron chi connectivity index (χ2n) is 24.0. The molecule has 0 radical (unpaired) electrons. The summed E-state index contributed by atoms with van der Waals surface area (Å²) in [7, 11) is -13.4. The molecule has 0 saturated heterocycles. The van der Waals surface area contributed by atoms with Gasteiger partial charge in [0, 0.05) is 11.1 Å². The van der Waals surface area contributed by atoms with E-state index < -0.39 is 52.2 Å². The van der Waals surface area contributed by atoms with Crippen molar-refractivity contribution in [3.05, 3.63) is 384 Å². The monoisotopic (exact) mass is 2500 g/mol. The number of ketones is 6. The van der Waals surface area contributed by atoms with E-state index >= 15 is 0 Å². The van der Waals surface area contributed by atoms with Crippen molar-refractivity contribution < 1.29 is 173 Å². The molecule has 12 aromatic rings. The van der Waals surface area contributed by atoms with Gasteiger partial charge in [-0.1, -0.05) is 218 Å². The van der Waals surface area contributed by atoms with E-state index in [-0.39, 0.29) is 141 Å². The summed E-state index contributed by atoms with van der Waals surface area (Å²) in [6, 6.07) is 130. The first-order valence-corrected chi connectivity index (χ1v) is 44.8. The molecule has 0 bridgehead atoms. The van der Waals surface area contributed by atoms with Crippen LogP contribution in [0.25, 0.3) is 0 Å². The molecular formula is C90H88Au2Cl2O14P4Pt2S4+4. The maximum atomic E-state index is 10.6. The van der Waals surface area contributed by atoms with Crippen molar-refractivity contribution in [1.82, 2.24) is 0 Å². The van der Waals surface area contributed by atoms with Crippen molar-refractivity contribution in [3.63, 3.8) is 0 Å². The van der Waals surface area contributed by atoms with Gasteiger partial charge in [-0.25, -0.2) is 37.3 Å². The van der Waals surface area contributed by atoms with E-state index in [1.165, 1.54) is 119 Å². The molecule has 12 aromatic carbocycles. The van der Waals surface area contributed by atoms with Crippen molar-refractivity contribution in [2.24, 2.45) is 0 Å². The maximum Gasteiger partial charge on any atom is 2.00 e. The normalized spacial score (nSPS) is 9.73. The number of halogens is 2. The van der Waals surface area contributed by atoms with Gasteiger partial charge in [-0.2, -0.15) is 0 Å². The Kier molecular flexibility index (Phi) is 62.4. The summed E-state index contributed by atoms with van der Waals surface area (Å²) in [6.45, 7) is 11.2. The minimum Gasteiger partial charge on any atom is -0.807 e. The van der Waals surface area contributed by atoms with E-state index in [1.807, 2.05) is 0 Å². The van der Waals surface area contributed by atoms with E-state index in [0.717, 1.165) is 0 Å². The van der Waals surface area contributed by atoms with Crippen LogP contribution in [0.2, 0.25) is 0 Å². The topological polar surface area (TPSA) is 287 Å². The molecule has 0 spiro atoms. The first kappa shape index (κ1) is 114. The van der Waals surface area contributed by atoms with Gasteiger partial charge in [-0.15, -0.1) is 20.5 Å². The molecule has 0 aliphatic carbocycles. The standard InChI is InChI=1S/4C18H15P.2C6H8O2S2.2C3H6O.2Au.2ClHO4.2Pt/c4*1-4-10-16(11-5-1)19(17-12-6-2-7-13-17)18-14-8-3-9-15-18;2*1-3(7)5(4(2)8)6(9)10;2*1-3(2)4;;;2*2-1(3,4)5;;/h4*1-15H;2*9-10H,1-2H3;2*1-2H3;;;2*(H,2,3,4,5);;/q;;;;;;;;2*+1;;;2*+2/p-2. The Morgan fingerprint density at radius 3 is 0.314 bits per heavy atom. The Morgan fingerprint density at radius 1 is 0.203 bits per heavy atom. The van der Waals surface area contributed by atoms with Crippen LogP contribution in [-0.4, -0.2) is 34.7 Å². The van der Waals surface area contributed by atoms with Crippen molar-refractivity contribution >= 4 is 181 Å². The van der Waals surface area contributed by atoms with Crippen LogP contribution >= 0.6 is 31.7 Å². The predicted molar refractivity (Wildman–Crippen MR) is 465 cm³/mol. The van der Waals surface area contributed by atoms with E-state index in [9.17, 15) is 28.8 Å². The van der Waals surface area contributed by atoms with Gasteiger partial charge in [0.1, 0.15) is 75.2 Å². The maximum absolute atomic E-state index is 10.6. The van der Waals surface area contributed by atoms with Gasteiger partial charge in [0.15, 0.2) is 23.1 Å². The average Bonchev–Trinajstić information content (AvgIpc) is 0.836. The molecule has 628 valence electrons. The molecule has 0 saturated carbocycles. The fraction of sp³-hybridized carbons (Fsp3) is 0.0889. The van der Waals surface area contributed by atoms with Crippen LogP contribution in [0.4, 0.5) is 0 Å². The Bertz CT molecular complexity index is 3840. The number of benzene rings is 12. The van der Waals surface area contributed by atoms with Gasteiger partial charge in [0.2, 0.25) is 0 Å². The van der Waals surface area contributed by atoms with Crippen LogP contribution in [0, 0.1) is 20.5 Å². The zero-order valence-electron chi connectivity index (χ0n) is 65.0. The predicted octanol–water partition coefficient (Wildman–Crippen LogP) is 5.32. The molecule has 0 aliphatic rings. The van der Waals surface area contributed by atoms with Crippen LogP contribution in [-0.2, 0) is 166 Å². The number of Topliss-reactive ketones (excluding diaryl/α,β-unsaturated/α-hetero) is 6. The summed E-state index contributed by atoms with van der Waals surface area (Å²) in [4.78, 5) is 61.3. The zero-order valence-corrected chi connectivity index (χ0v) is 82.6. The number of hydrogen-bond donors (Lipinski definition) is 0. The largest absolute Gasteiger partial charge is 2.00 e.